The van der Waals surface area contributed by atoms with Crippen molar-refractivity contribution in [3.8, 4) is 0 Å². The van der Waals surface area contributed by atoms with Crippen LogP contribution in [0.5, 0.6) is 0 Å². The summed E-state index contributed by atoms with van der Waals surface area (Å²) in [6.45, 7) is 0.787. The van der Waals surface area contributed by atoms with Gasteiger partial charge in [-0.1, -0.05) is 35.0 Å². The Balaban J connectivity index is 2.09. The first kappa shape index (κ1) is 12.2. The summed E-state index contributed by atoms with van der Waals surface area (Å²) in [5.41, 5.74) is 3.06. The Hall–Kier alpha value is -1.87. The highest BCUT2D eigenvalue weighted by atomic mass is 35.5. The van der Waals surface area contributed by atoms with Gasteiger partial charge in [-0.05, 0) is 36.8 Å². The molecule has 0 saturated heterocycles. The fourth-order valence-corrected chi connectivity index (χ4v) is 2.73. The molecule has 0 spiro atoms. The minimum atomic E-state index is -0.298. The van der Waals surface area contributed by atoms with Crippen LogP contribution in [0, 0.1) is 4.91 Å². The van der Waals surface area contributed by atoms with Gasteiger partial charge in [0, 0.05) is 28.5 Å². The van der Waals surface area contributed by atoms with Crippen LogP contribution in [0.4, 0.5) is 11.4 Å². The van der Waals surface area contributed by atoms with Gasteiger partial charge < -0.3 is 4.90 Å². The number of anilines is 2. The van der Waals surface area contributed by atoms with Gasteiger partial charge >= 0.3 is 0 Å². The minimum absolute atomic E-state index is 0.298. The van der Waals surface area contributed by atoms with E-state index in [1.54, 1.807) is 0 Å². The van der Waals surface area contributed by atoms with Gasteiger partial charge in [-0.15, -0.1) is 0 Å². The molecule has 2 aromatic rings. The first-order valence-electron chi connectivity index (χ1n) is 6.24. The van der Waals surface area contributed by atoms with Crippen molar-refractivity contribution in [3.05, 3.63) is 64.0 Å². The van der Waals surface area contributed by atoms with E-state index in [9.17, 15) is 4.91 Å². The van der Waals surface area contributed by atoms with Crippen molar-refractivity contribution in [1.82, 2.24) is 0 Å². The summed E-state index contributed by atoms with van der Waals surface area (Å²) in [4.78, 5) is 13.2. The van der Waals surface area contributed by atoms with Gasteiger partial charge in [0.2, 0.25) is 0 Å². The Labute approximate surface area is 116 Å². The molecule has 4 heteroatoms. The van der Waals surface area contributed by atoms with E-state index in [4.69, 9.17) is 11.6 Å². The lowest BCUT2D eigenvalue weighted by atomic mass is 9.96. The standard InChI is InChI=1S/C15H13ClN2O/c16-11-6-7-15-13(10-11)14(17-19)8-9-18(15)12-4-2-1-3-5-12/h1-7,10,14H,8-9H2. The number of halogens is 1. The average molecular weight is 273 g/mol. The molecule has 19 heavy (non-hydrogen) atoms. The van der Waals surface area contributed by atoms with Crippen molar-refractivity contribution < 1.29 is 0 Å². The van der Waals surface area contributed by atoms with Crippen molar-refractivity contribution in [3.63, 3.8) is 0 Å². The van der Waals surface area contributed by atoms with Gasteiger partial charge in [-0.2, -0.15) is 4.91 Å². The van der Waals surface area contributed by atoms with Crippen molar-refractivity contribution in [2.45, 2.75) is 12.5 Å². The molecule has 0 fully saturated rings. The van der Waals surface area contributed by atoms with E-state index in [-0.39, 0.29) is 6.04 Å². The van der Waals surface area contributed by atoms with Crippen LogP contribution in [0.25, 0.3) is 0 Å². The number of nitrogens with zero attached hydrogens (tertiary/aromatic N) is 2. The second kappa shape index (κ2) is 5.02. The molecule has 0 saturated carbocycles. The Morgan fingerprint density at radius 1 is 1.16 bits per heavy atom. The van der Waals surface area contributed by atoms with Gasteiger partial charge in [0.25, 0.3) is 0 Å². The van der Waals surface area contributed by atoms with E-state index >= 15 is 0 Å². The van der Waals surface area contributed by atoms with Gasteiger partial charge in [0.15, 0.2) is 0 Å². The predicted octanol–water partition coefficient (Wildman–Crippen LogP) is 4.69. The molecular weight excluding hydrogens is 260 g/mol. The number of rotatable bonds is 2. The Kier molecular flexibility index (Phi) is 3.22. The summed E-state index contributed by atoms with van der Waals surface area (Å²) < 4.78 is 0. The highest BCUT2D eigenvalue weighted by Crippen LogP contribution is 2.40. The summed E-state index contributed by atoms with van der Waals surface area (Å²) in [7, 11) is 0. The molecule has 0 bridgehead atoms. The largest absolute Gasteiger partial charge is 0.341 e. The summed E-state index contributed by atoms with van der Waals surface area (Å²) in [5, 5.41) is 3.86. The predicted molar refractivity (Wildman–Crippen MR) is 78.1 cm³/mol. The number of para-hydroxylation sites is 1. The average Bonchev–Trinajstić information content (AvgIpc) is 2.47. The summed E-state index contributed by atoms with van der Waals surface area (Å²) in [5.74, 6) is 0. The molecule has 0 amide bonds. The van der Waals surface area contributed by atoms with E-state index < -0.39 is 0 Å². The van der Waals surface area contributed by atoms with Crippen LogP contribution >= 0.6 is 11.6 Å². The van der Waals surface area contributed by atoms with Gasteiger partial charge in [-0.3, -0.25) is 0 Å². The van der Waals surface area contributed by atoms with E-state index in [0.717, 1.165) is 23.5 Å². The third-order valence-corrected chi connectivity index (χ3v) is 3.70. The molecule has 1 aliphatic heterocycles. The van der Waals surface area contributed by atoms with Crippen molar-refractivity contribution in [1.29, 1.82) is 0 Å². The molecule has 1 heterocycles. The van der Waals surface area contributed by atoms with E-state index in [1.807, 2.05) is 36.4 Å². The summed E-state index contributed by atoms with van der Waals surface area (Å²) >= 11 is 6.03. The summed E-state index contributed by atoms with van der Waals surface area (Å²) in [6, 6.07) is 15.5. The Bertz CT molecular complexity index is 600. The Morgan fingerprint density at radius 2 is 1.95 bits per heavy atom. The molecule has 0 aliphatic carbocycles. The molecule has 2 aromatic carbocycles. The number of benzene rings is 2. The first-order valence-corrected chi connectivity index (χ1v) is 6.62. The third kappa shape index (κ3) is 2.22. The fourth-order valence-electron chi connectivity index (χ4n) is 2.55. The smallest absolute Gasteiger partial charge is 0.121 e. The first-order chi connectivity index (χ1) is 9.29. The molecule has 96 valence electrons. The lowest BCUT2D eigenvalue weighted by Crippen LogP contribution is -2.26. The molecule has 0 N–H and O–H groups in total. The summed E-state index contributed by atoms with van der Waals surface area (Å²) in [6.07, 6.45) is 0.714. The maximum Gasteiger partial charge on any atom is 0.121 e. The monoisotopic (exact) mass is 272 g/mol. The molecular formula is C15H13ClN2O. The van der Waals surface area contributed by atoms with Crippen molar-refractivity contribution in [2.75, 3.05) is 11.4 Å². The highest BCUT2D eigenvalue weighted by Gasteiger charge is 2.26. The molecule has 1 unspecified atom stereocenters. The zero-order valence-electron chi connectivity index (χ0n) is 10.3. The molecule has 3 rings (SSSR count). The maximum atomic E-state index is 11.0. The quantitative estimate of drug-likeness (QED) is 0.743. The molecule has 0 radical (unpaired) electrons. The van der Waals surface area contributed by atoms with Crippen LogP contribution in [0.1, 0.15) is 18.0 Å². The van der Waals surface area contributed by atoms with Crippen LogP contribution in [-0.2, 0) is 0 Å². The van der Waals surface area contributed by atoms with Crippen molar-refractivity contribution >= 4 is 23.0 Å². The Morgan fingerprint density at radius 3 is 2.68 bits per heavy atom. The topological polar surface area (TPSA) is 32.7 Å². The fraction of sp³-hybridized carbons (Fsp3) is 0.200. The van der Waals surface area contributed by atoms with Crippen LogP contribution in [0.15, 0.2) is 53.7 Å². The molecule has 1 aliphatic rings. The van der Waals surface area contributed by atoms with Crippen LogP contribution < -0.4 is 4.90 Å². The number of fused-ring (bicyclic) bond motifs is 1. The van der Waals surface area contributed by atoms with Gasteiger partial charge in [-0.25, -0.2) is 0 Å². The van der Waals surface area contributed by atoms with Crippen LogP contribution in [-0.4, -0.2) is 6.54 Å². The maximum absolute atomic E-state index is 11.0. The van der Waals surface area contributed by atoms with Crippen LogP contribution in [0.2, 0.25) is 5.02 Å². The molecule has 3 nitrogen and oxygen atoms in total. The molecule has 1 atom stereocenters. The third-order valence-electron chi connectivity index (χ3n) is 3.46. The lowest BCUT2D eigenvalue weighted by molar-refractivity contribution is 0.623. The number of nitroso groups, excluding NO2 is 1. The van der Waals surface area contributed by atoms with Crippen LogP contribution in [0.3, 0.4) is 0 Å². The highest BCUT2D eigenvalue weighted by molar-refractivity contribution is 6.30. The minimum Gasteiger partial charge on any atom is -0.341 e. The SMILES string of the molecule is O=NC1CCN(c2ccccc2)c2ccc(Cl)cc21. The second-order valence-electron chi connectivity index (χ2n) is 4.60. The zero-order valence-corrected chi connectivity index (χ0v) is 11.0. The number of hydrogen-bond acceptors (Lipinski definition) is 3. The molecule has 0 aromatic heterocycles. The van der Waals surface area contributed by atoms with E-state index in [0.29, 0.717) is 11.4 Å². The normalized spacial score (nSPS) is 17.9. The second-order valence-corrected chi connectivity index (χ2v) is 5.04. The zero-order chi connectivity index (χ0) is 13.2. The van der Waals surface area contributed by atoms with E-state index in [1.165, 1.54) is 0 Å². The van der Waals surface area contributed by atoms with E-state index in [2.05, 4.69) is 22.2 Å². The number of hydrogen-bond donors (Lipinski definition) is 0. The van der Waals surface area contributed by atoms with Crippen molar-refractivity contribution in [2.24, 2.45) is 5.18 Å². The lowest BCUT2D eigenvalue weighted by Gasteiger charge is -2.33. The van der Waals surface area contributed by atoms with Gasteiger partial charge in [0.1, 0.15) is 6.04 Å². The van der Waals surface area contributed by atoms with Gasteiger partial charge in [0.05, 0.1) is 0 Å².